The number of para-hydroxylation sites is 2. The minimum Gasteiger partial charge on any atom is -0.495 e. The van der Waals surface area contributed by atoms with Crippen LogP contribution >= 0.6 is 0 Å². The van der Waals surface area contributed by atoms with E-state index < -0.39 is 0 Å². The molecule has 33 heavy (non-hydrogen) atoms. The van der Waals surface area contributed by atoms with Crippen LogP contribution in [0.5, 0.6) is 5.75 Å². The molecule has 0 aromatic heterocycles. The van der Waals surface area contributed by atoms with Crippen LogP contribution in [0.4, 0.5) is 17.1 Å². The molecule has 0 aliphatic carbocycles. The molecule has 1 saturated heterocycles. The van der Waals surface area contributed by atoms with Gasteiger partial charge in [0, 0.05) is 44.0 Å². The zero-order valence-corrected chi connectivity index (χ0v) is 19.5. The van der Waals surface area contributed by atoms with E-state index in [1.165, 1.54) is 0 Å². The van der Waals surface area contributed by atoms with Crippen LogP contribution in [0.2, 0.25) is 0 Å². The molecule has 8 heteroatoms. The van der Waals surface area contributed by atoms with E-state index >= 15 is 0 Å². The Morgan fingerprint density at radius 1 is 1.21 bits per heavy atom. The van der Waals surface area contributed by atoms with E-state index in [1.54, 1.807) is 19.2 Å². The third-order valence-electron chi connectivity index (χ3n) is 6.69. The number of non-ortho nitro benzene ring substituents is 1. The Hall–Kier alpha value is -3.29. The lowest BCUT2D eigenvalue weighted by Crippen LogP contribution is -2.61. The van der Waals surface area contributed by atoms with Crippen molar-refractivity contribution < 1.29 is 14.5 Å². The molecule has 1 amide bonds. The first-order valence-corrected chi connectivity index (χ1v) is 11.6. The minimum atomic E-state index is -0.371. The van der Waals surface area contributed by atoms with Crippen molar-refractivity contribution in [3.63, 3.8) is 0 Å². The van der Waals surface area contributed by atoms with Crippen molar-refractivity contribution in [2.45, 2.75) is 32.7 Å². The lowest BCUT2D eigenvalue weighted by molar-refractivity contribution is -0.384. The number of rotatable bonds is 7. The van der Waals surface area contributed by atoms with Gasteiger partial charge in [-0.05, 0) is 42.5 Å². The number of amides is 1. The number of nitrogens with zero attached hydrogens (tertiary/aromatic N) is 3. The predicted molar refractivity (Wildman–Crippen MR) is 129 cm³/mol. The van der Waals surface area contributed by atoms with Crippen molar-refractivity contribution in [3.05, 3.63) is 58.1 Å². The molecule has 2 aliphatic rings. The van der Waals surface area contributed by atoms with Gasteiger partial charge in [0.05, 0.1) is 29.7 Å². The highest BCUT2D eigenvalue weighted by atomic mass is 16.6. The van der Waals surface area contributed by atoms with Crippen molar-refractivity contribution >= 4 is 23.0 Å². The van der Waals surface area contributed by atoms with E-state index in [0.717, 1.165) is 42.2 Å². The van der Waals surface area contributed by atoms with Gasteiger partial charge in [-0.3, -0.25) is 14.9 Å². The van der Waals surface area contributed by atoms with Crippen LogP contribution in [0, 0.1) is 22.0 Å². The third kappa shape index (κ3) is 4.74. The number of piperazine rings is 1. The van der Waals surface area contributed by atoms with Gasteiger partial charge in [0.1, 0.15) is 5.75 Å². The Kier molecular flexibility index (Phi) is 6.72. The first-order valence-electron chi connectivity index (χ1n) is 11.6. The summed E-state index contributed by atoms with van der Waals surface area (Å²) in [6, 6.07) is 12.9. The quantitative estimate of drug-likeness (QED) is 0.510. The molecule has 0 bridgehead atoms. The molecule has 0 saturated carbocycles. The fourth-order valence-electron chi connectivity index (χ4n) is 4.95. The lowest BCUT2D eigenvalue weighted by Gasteiger charge is -2.49. The minimum absolute atomic E-state index is 0.0182. The van der Waals surface area contributed by atoms with Gasteiger partial charge in [0.15, 0.2) is 0 Å². The fraction of sp³-hybridized carbons (Fsp3) is 0.480. The van der Waals surface area contributed by atoms with Crippen LogP contribution in [0.1, 0.15) is 25.8 Å². The van der Waals surface area contributed by atoms with E-state index in [4.69, 9.17) is 4.74 Å². The van der Waals surface area contributed by atoms with E-state index in [-0.39, 0.29) is 28.5 Å². The molecular weight excluding hydrogens is 420 g/mol. The number of nitrogens with one attached hydrogen (secondary N) is 1. The van der Waals surface area contributed by atoms with E-state index in [2.05, 4.69) is 29.0 Å². The summed E-state index contributed by atoms with van der Waals surface area (Å²) in [6.07, 6.45) is 1.41. The largest absolute Gasteiger partial charge is 0.495 e. The fourth-order valence-corrected chi connectivity index (χ4v) is 4.95. The van der Waals surface area contributed by atoms with E-state index in [0.29, 0.717) is 25.4 Å². The second kappa shape index (κ2) is 9.68. The molecule has 2 aromatic rings. The molecule has 2 atom stereocenters. The standard InChI is InChI=1S/C25H32N4O4/c1-17(2)10-11-26-25(30)20-15-18-14-19(29(31)32)8-9-21(18)28-13-12-27(16-23(20)28)22-6-4-5-7-24(22)33-3/h4-9,14,17,20,23H,10-13,15-16H2,1-3H3,(H,26,30). The van der Waals surface area contributed by atoms with Crippen LogP contribution in [0.3, 0.4) is 0 Å². The summed E-state index contributed by atoms with van der Waals surface area (Å²) < 4.78 is 5.58. The van der Waals surface area contributed by atoms with E-state index in [9.17, 15) is 14.9 Å². The van der Waals surface area contributed by atoms with Gasteiger partial charge in [0.2, 0.25) is 5.91 Å². The predicted octanol–water partition coefficient (Wildman–Crippen LogP) is 3.63. The molecular formula is C25H32N4O4. The number of fused-ring (bicyclic) bond motifs is 3. The summed E-state index contributed by atoms with van der Waals surface area (Å²) in [5, 5.41) is 14.5. The van der Waals surface area contributed by atoms with Gasteiger partial charge in [0.25, 0.3) is 5.69 Å². The van der Waals surface area contributed by atoms with Gasteiger partial charge in [-0.1, -0.05) is 26.0 Å². The summed E-state index contributed by atoms with van der Waals surface area (Å²) >= 11 is 0. The first kappa shape index (κ1) is 22.9. The highest BCUT2D eigenvalue weighted by Crippen LogP contribution is 2.39. The molecule has 2 unspecified atom stereocenters. The maximum absolute atomic E-state index is 13.3. The molecule has 1 fully saturated rings. The van der Waals surface area contributed by atoms with Crippen LogP contribution in [0.15, 0.2) is 42.5 Å². The number of carbonyl (C=O) groups excluding carboxylic acids is 1. The maximum Gasteiger partial charge on any atom is 0.269 e. The van der Waals surface area contributed by atoms with Gasteiger partial charge in [-0.25, -0.2) is 0 Å². The Labute approximate surface area is 194 Å². The second-order valence-corrected chi connectivity index (χ2v) is 9.23. The number of nitro groups is 1. The molecule has 2 heterocycles. The smallest absolute Gasteiger partial charge is 0.269 e. The van der Waals surface area contributed by atoms with Crippen molar-refractivity contribution in [3.8, 4) is 5.75 Å². The molecule has 2 aromatic carbocycles. The number of anilines is 2. The number of ether oxygens (including phenoxy) is 1. The monoisotopic (exact) mass is 452 g/mol. The number of nitro benzene ring substituents is 1. The van der Waals surface area contributed by atoms with Gasteiger partial charge >= 0.3 is 0 Å². The third-order valence-corrected chi connectivity index (χ3v) is 6.69. The molecule has 0 radical (unpaired) electrons. The van der Waals surface area contributed by atoms with Gasteiger partial charge in [-0.15, -0.1) is 0 Å². The number of hydrogen-bond donors (Lipinski definition) is 1. The molecule has 4 rings (SSSR count). The molecule has 8 nitrogen and oxygen atoms in total. The topological polar surface area (TPSA) is 87.9 Å². The zero-order valence-electron chi connectivity index (χ0n) is 19.5. The van der Waals surface area contributed by atoms with E-state index in [1.807, 2.05) is 30.3 Å². The highest BCUT2D eigenvalue weighted by Gasteiger charge is 2.42. The summed E-state index contributed by atoms with van der Waals surface area (Å²) in [5.74, 6) is 1.05. The number of carbonyl (C=O) groups is 1. The Bertz CT molecular complexity index is 1030. The Morgan fingerprint density at radius 3 is 2.73 bits per heavy atom. The molecule has 0 spiro atoms. The van der Waals surface area contributed by atoms with Crippen molar-refractivity contribution in [1.82, 2.24) is 5.32 Å². The average molecular weight is 453 g/mol. The SMILES string of the molecule is COc1ccccc1N1CCN2c3ccc([N+](=O)[O-])cc3CC(C(=O)NCCC(C)C)C2C1. The molecule has 1 N–H and O–H groups in total. The second-order valence-electron chi connectivity index (χ2n) is 9.23. The summed E-state index contributed by atoms with van der Waals surface area (Å²) in [5.41, 5.74) is 2.96. The van der Waals surface area contributed by atoms with Gasteiger partial charge < -0.3 is 19.9 Å². The number of methoxy groups -OCH3 is 1. The normalized spacial score (nSPS) is 19.6. The summed E-state index contributed by atoms with van der Waals surface area (Å²) in [7, 11) is 1.67. The first-order chi connectivity index (χ1) is 15.9. The van der Waals surface area contributed by atoms with Crippen molar-refractivity contribution in [2.24, 2.45) is 11.8 Å². The Morgan fingerprint density at radius 2 is 2.00 bits per heavy atom. The zero-order chi connectivity index (χ0) is 23.5. The van der Waals surface area contributed by atoms with Crippen LogP contribution in [0.25, 0.3) is 0 Å². The summed E-state index contributed by atoms with van der Waals surface area (Å²) in [6.45, 7) is 7.08. The highest BCUT2D eigenvalue weighted by molar-refractivity contribution is 5.82. The Balaban J connectivity index is 1.64. The molecule has 2 aliphatic heterocycles. The van der Waals surface area contributed by atoms with Crippen LogP contribution in [-0.2, 0) is 11.2 Å². The van der Waals surface area contributed by atoms with Crippen molar-refractivity contribution in [2.75, 3.05) is 43.1 Å². The average Bonchev–Trinajstić information content (AvgIpc) is 2.82. The number of benzene rings is 2. The number of hydrogen-bond acceptors (Lipinski definition) is 6. The lowest BCUT2D eigenvalue weighted by atomic mass is 9.83. The van der Waals surface area contributed by atoms with Crippen LogP contribution in [-0.4, -0.2) is 50.2 Å². The maximum atomic E-state index is 13.3. The van der Waals surface area contributed by atoms with Crippen LogP contribution < -0.4 is 19.9 Å². The van der Waals surface area contributed by atoms with Crippen molar-refractivity contribution in [1.29, 1.82) is 0 Å². The van der Waals surface area contributed by atoms with Gasteiger partial charge in [-0.2, -0.15) is 0 Å². The molecule has 176 valence electrons. The summed E-state index contributed by atoms with van der Waals surface area (Å²) in [4.78, 5) is 28.8.